The molecule has 0 spiro atoms. The van der Waals surface area contributed by atoms with E-state index in [2.05, 4.69) is 161 Å². The molecule has 1 aliphatic carbocycles. The van der Waals surface area contributed by atoms with Crippen molar-refractivity contribution in [3.63, 3.8) is 0 Å². The molecule has 5 heterocycles. The summed E-state index contributed by atoms with van der Waals surface area (Å²) >= 11 is 1.80. The highest BCUT2D eigenvalue weighted by molar-refractivity contribution is 7.26. The molecule has 5 heteroatoms. The molecule has 0 saturated carbocycles. The van der Waals surface area contributed by atoms with Gasteiger partial charge in [0.2, 0.25) is 0 Å². The average molecular weight is 719 g/mol. The molecule has 0 atom stereocenters. The molecule has 7 aromatic carbocycles. The van der Waals surface area contributed by atoms with Crippen LogP contribution in [0.3, 0.4) is 0 Å². The molecule has 0 unspecified atom stereocenters. The predicted octanol–water partition coefficient (Wildman–Crippen LogP) is 13.6. The number of fused-ring (bicyclic) bond motifs is 15. The van der Waals surface area contributed by atoms with E-state index in [0.29, 0.717) is 0 Å². The first-order valence-corrected chi connectivity index (χ1v) is 19.8. The van der Waals surface area contributed by atoms with E-state index in [1.807, 2.05) is 6.07 Å². The molecule has 0 fully saturated rings. The van der Waals surface area contributed by atoms with Gasteiger partial charge >= 0.3 is 0 Å². The van der Waals surface area contributed by atoms with Gasteiger partial charge in [0.1, 0.15) is 0 Å². The van der Waals surface area contributed by atoms with Gasteiger partial charge in [-0.2, -0.15) is 0 Å². The normalized spacial score (nSPS) is 13.9. The topological polar surface area (TPSA) is 35.1 Å². The van der Waals surface area contributed by atoms with Gasteiger partial charge in [0, 0.05) is 59.1 Å². The van der Waals surface area contributed by atoms with Crippen LogP contribution in [0.2, 0.25) is 0 Å². The Morgan fingerprint density at radius 2 is 1.24 bits per heavy atom. The molecule has 0 N–H and O–H groups in total. The molecule has 0 aliphatic heterocycles. The molecule has 4 nitrogen and oxygen atoms in total. The van der Waals surface area contributed by atoms with Crippen LogP contribution in [-0.2, 0) is 0 Å². The molecule has 55 heavy (non-hydrogen) atoms. The first-order valence-electron chi connectivity index (χ1n) is 19.0. The lowest BCUT2D eigenvalue weighted by atomic mass is 9.98. The SMILES string of the molecule is C1=C(c2nc(-c3ccccc3)nc3c2sc2ccccc23)CCC(n2c3ccccc3c3cc4c5ccc6ccccc6c5n5c6ccccc6c(c32)c45)=C1. The largest absolute Gasteiger partial charge is 0.312 e. The van der Waals surface area contributed by atoms with Gasteiger partial charge < -0.3 is 8.97 Å². The van der Waals surface area contributed by atoms with E-state index in [4.69, 9.17) is 9.97 Å². The van der Waals surface area contributed by atoms with Crippen molar-refractivity contribution in [1.82, 2.24) is 18.9 Å². The van der Waals surface area contributed by atoms with Gasteiger partial charge in [-0.25, -0.2) is 9.97 Å². The minimum absolute atomic E-state index is 0.776. The van der Waals surface area contributed by atoms with Crippen molar-refractivity contribution >= 4 is 114 Å². The van der Waals surface area contributed by atoms with E-state index in [1.54, 1.807) is 11.3 Å². The first-order chi connectivity index (χ1) is 27.3. The Morgan fingerprint density at radius 3 is 2.09 bits per heavy atom. The zero-order valence-corrected chi connectivity index (χ0v) is 30.4. The van der Waals surface area contributed by atoms with E-state index in [1.165, 1.54) is 92.0 Å². The summed E-state index contributed by atoms with van der Waals surface area (Å²) in [7, 11) is 0. The molecule has 256 valence electrons. The first kappa shape index (κ1) is 29.6. The smallest absolute Gasteiger partial charge is 0.160 e. The summed E-state index contributed by atoms with van der Waals surface area (Å²) in [6.45, 7) is 0. The van der Waals surface area contributed by atoms with E-state index >= 15 is 0 Å². The van der Waals surface area contributed by atoms with Gasteiger partial charge in [0.05, 0.1) is 43.5 Å². The summed E-state index contributed by atoms with van der Waals surface area (Å²) in [5.74, 6) is 0.776. The van der Waals surface area contributed by atoms with E-state index in [0.717, 1.165) is 40.1 Å². The van der Waals surface area contributed by atoms with Crippen molar-refractivity contribution in [3.05, 3.63) is 163 Å². The van der Waals surface area contributed by atoms with Crippen molar-refractivity contribution < 1.29 is 0 Å². The van der Waals surface area contributed by atoms with Gasteiger partial charge in [-0.3, -0.25) is 0 Å². The number of hydrogen-bond acceptors (Lipinski definition) is 3. The average Bonchev–Trinajstić information content (AvgIpc) is 3.99. The van der Waals surface area contributed by atoms with Gasteiger partial charge in [0.15, 0.2) is 5.82 Å². The summed E-state index contributed by atoms with van der Waals surface area (Å²) in [5.41, 5.74) is 12.1. The third-order valence-electron chi connectivity index (χ3n) is 12.0. The second-order valence-corrected chi connectivity index (χ2v) is 15.9. The molecule has 0 bridgehead atoms. The van der Waals surface area contributed by atoms with Gasteiger partial charge in [-0.1, -0.05) is 127 Å². The van der Waals surface area contributed by atoms with E-state index in [-0.39, 0.29) is 0 Å². The van der Waals surface area contributed by atoms with Crippen molar-refractivity contribution in [1.29, 1.82) is 0 Å². The van der Waals surface area contributed by atoms with Crippen LogP contribution < -0.4 is 0 Å². The van der Waals surface area contributed by atoms with E-state index in [9.17, 15) is 0 Å². The van der Waals surface area contributed by atoms with E-state index < -0.39 is 0 Å². The summed E-state index contributed by atoms with van der Waals surface area (Å²) in [6, 6.07) is 52.9. The fourth-order valence-corrected chi connectivity index (χ4v) is 10.8. The maximum Gasteiger partial charge on any atom is 0.160 e. The van der Waals surface area contributed by atoms with Crippen LogP contribution in [0.25, 0.3) is 114 Å². The lowest BCUT2D eigenvalue weighted by molar-refractivity contribution is 0.987. The number of rotatable bonds is 3. The molecule has 5 aromatic heterocycles. The van der Waals surface area contributed by atoms with Crippen LogP contribution in [0.4, 0.5) is 0 Å². The monoisotopic (exact) mass is 718 g/mol. The number of thiophene rings is 1. The number of allylic oxidation sites excluding steroid dienone is 4. The number of para-hydroxylation sites is 2. The van der Waals surface area contributed by atoms with Crippen molar-refractivity contribution in [2.45, 2.75) is 12.8 Å². The Morgan fingerprint density at radius 1 is 0.509 bits per heavy atom. The minimum Gasteiger partial charge on any atom is -0.312 e. The molecular formula is C50H30N4S. The van der Waals surface area contributed by atoms with Crippen LogP contribution in [0, 0.1) is 0 Å². The Kier molecular flexibility index (Phi) is 5.86. The fourth-order valence-electron chi connectivity index (χ4n) is 9.59. The highest BCUT2D eigenvalue weighted by atomic mass is 32.1. The van der Waals surface area contributed by atoms with Crippen molar-refractivity contribution in [2.75, 3.05) is 0 Å². The van der Waals surface area contributed by atoms with Crippen molar-refractivity contribution in [3.8, 4) is 11.4 Å². The zero-order valence-electron chi connectivity index (χ0n) is 29.6. The Balaban J connectivity index is 1.10. The summed E-state index contributed by atoms with van der Waals surface area (Å²) in [4.78, 5) is 10.5. The Bertz CT molecular complexity index is 3650. The Hall–Kier alpha value is -6.82. The highest BCUT2D eigenvalue weighted by Crippen LogP contribution is 2.48. The fraction of sp³-hybridized carbons (Fsp3) is 0.0400. The third kappa shape index (κ3) is 3.95. The lowest BCUT2D eigenvalue weighted by Crippen LogP contribution is -2.03. The minimum atomic E-state index is 0.776. The molecule has 1 aliphatic rings. The molecule has 0 amide bonds. The number of nitrogens with zero attached hydrogens (tertiary/aromatic N) is 4. The van der Waals surface area contributed by atoms with Crippen molar-refractivity contribution in [2.24, 2.45) is 0 Å². The van der Waals surface area contributed by atoms with Crippen LogP contribution in [0.15, 0.2) is 158 Å². The maximum atomic E-state index is 5.31. The molecule has 12 aromatic rings. The standard InChI is InChI=1S/C50H30N4S/c1-2-13-31(14-3-1)50-51-44(49-45(52-50)37-18-8-11-21-42(37)55-49)30-22-25-32(26-23-30)53-40-19-9-6-16-34(40)38-28-39-35-27-24-29-12-4-5-15-33(29)46(35)54-41-20-10-7-17-36(41)43(47(38)53)48(39)54/h1-22,24-25,27-28H,23,26H2. The predicted molar refractivity (Wildman–Crippen MR) is 233 cm³/mol. The Labute approximate surface area is 318 Å². The second-order valence-electron chi connectivity index (χ2n) is 14.8. The maximum absolute atomic E-state index is 5.31. The second kappa shape index (κ2) is 10.9. The quantitative estimate of drug-likeness (QED) is 0.182. The summed E-state index contributed by atoms with van der Waals surface area (Å²) < 4.78 is 7.51. The van der Waals surface area contributed by atoms with Gasteiger partial charge in [-0.05, 0) is 54.1 Å². The van der Waals surface area contributed by atoms with Crippen LogP contribution >= 0.6 is 11.3 Å². The molecule has 0 saturated heterocycles. The number of aromatic nitrogens is 4. The van der Waals surface area contributed by atoms with Gasteiger partial charge in [-0.15, -0.1) is 11.3 Å². The number of benzene rings is 7. The van der Waals surface area contributed by atoms with Crippen LogP contribution in [0.1, 0.15) is 18.5 Å². The zero-order chi connectivity index (χ0) is 35.8. The molecule has 0 radical (unpaired) electrons. The lowest BCUT2D eigenvalue weighted by Gasteiger charge is -2.19. The summed E-state index contributed by atoms with van der Waals surface area (Å²) in [6.07, 6.45) is 6.46. The number of hydrogen-bond donors (Lipinski definition) is 0. The molecule has 13 rings (SSSR count). The third-order valence-corrected chi connectivity index (χ3v) is 13.1. The van der Waals surface area contributed by atoms with Crippen LogP contribution in [0.5, 0.6) is 0 Å². The highest BCUT2D eigenvalue weighted by Gasteiger charge is 2.26. The molecular weight excluding hydrogens is 689 g/mol. The summed E-state index contributed by atoms with van der Waals surface area (Å²) in [5, 5.41) is 11.6. The van der Waals surface area contributed by atoms with Crippen LogP contribution in [-0.4, -0.2) is 18.9 Å². The van der Waals surface area contributed by atoms with Gasteiger partial charge in [0.25, 0.3) is 0 Å².